The van der Waals surface area contributed by atoms with Crippen molar-refractivity contribution in [3.8, 4) is 0 Å². The molecule has 0 aliphatic carbocycles. The molecule has 0 heterocycles. The molecule has 0 radical (unpaired) electrons. The topological polar surface area (TPSA) is 27.7 Å². The van der Waals surface area contributed by atoms with E-state index in [1.807, 2.05) is 18.2 Å². The molecular weight excluding hydrogens is 220 g/mol. The van der Waals surface area contributed by atoms with Crippen LogP contribution in [-0.2, 0) is 20.5 Å². The fourth-order valence-corrected chi connectivity index (χ4v) is 1.58. The van der Waals surface area contributed by atoms with Crippen LogP contribution in [0.3, 0.4) is 0 Å². The first kappa shape index (κ1) is 13.4. The van der Waals surface area contributed by atoms with Gasteiger partial charge >= 0.3 is 0 Å². The fourth-order valence-electron chi connectivity index (χ4n) is 1.29. The van der Waals surface area contributed by atoms with Crippen molar-refractivity contribution in [3.05, 3.63) is 35.9 Å². The second-order valence-electron chi connectivity index (χ2n) is 3.50. The zero-order valence-electron chi connectivity index (χ0n) is 9.85. The molecule has 0 fully saturated rings. The zero-order valence-corrected chi connectivity index (χ0v) is 11.9. The summed E-state index contributed by atoms with van der Waals surface area (Å²) in [7, 11) is 0.815. The fraction of sp³-hybridized carbons (Fsp3) is 0.500. The molecule has 0 spiro atoms. The van der Waals surface area contributed by atoms with E-state index in [-0.39, 0.29) is 0 Å². The van der Waals surface area contributed by atoms with Gasteiger partial charge < -0.3 is 13.9 Å². The highest BCUT2D eigenvalue weighted by Crippen LogP contribution is 1.99. The van der Waals surface area contributed by atoms with Gasteiger partial charge in [-0.2, -0.15) is 0 Å². The van der Waals surface area contributed by atoms with Crippen LogP contribution in [0, 0.1) is 0 Å². The molecule has 0 saturated carbocycles. The second-order valence-corrected chi connectivity index (χ2v) is 4.07. The van der Waals surface area contributed by atoms with E-state index in [0.717, 1.165) is 30.1 Å². The molecule has 0 aliphatic rings. The van der Waals surface area contributed by atoms with Crippen molar-refractivity contribution in [2.75, 3.05) is 26.4 Å². The lowest BCUT2D eigenvalue weighted by atomic mass is 10.2. The van der Waals surface area contributed by atoms with E-state index in [2.05, 4.69) is 12.1 Å². The summed E-state index contributed by atoms with van der Waals surface area (Å²) < 4.78 is 15.9. The van der Waals surface area contributed by atoms with Crippen molar-refractivity contribution in [1.82, 2.24) is 0 Å². The molecule has 0 N–H and O–H groups in total. The standard InChI is InChI=1S/C12H20O3Si/c16-15-8-4-7-13-9-10-14-11-12-5-2-1-3-6-12/h1-3,5-6H,4,7-11H2,16H3. The van der Waals surface area contributed by atoms with Crippen LogP contribution in [0.4, 0.5) is 0 Å². The van der Waals surface area contributed by atoms with Crippen molar-refractivity contribution in [2.45, 2.75) is 13.0 Å². The van der Waals surface area contributed by atoms with Gasteiger partial charge in [-0.1, -0.05) is 30.3 Å². The highest BCUT2D eigenvalue weighted by atomic mass is 28.2. The third-order valence-corrected chi connectivity index (χ3v) is 2.53. The Labute approximate surface area is 100 Å². The third-order valence-electron chi connectivity index (χ3n) is 2.12. The summed E-state index contributed by atoms with van der Waals surface area (Å²) in [6.07, 6.45) is 0.974. The van der Waals surface area contributed by atoms with Crippen LogP contribution in [0.1, 0.15) is 12.0 Å². The average Bonchev–Trinajstić information content (AvgIpc) is 2.34. The summed E-state index contributed by atoms with van der Waals surface area (Å²) >= 11 is 0. The lowest BCUT2D eigenvalue weighted by Crippen LogP contribution is -2.06. The molecule has 1 aromatic carbocycles. The molecule has 0 unspecified atom stereocenters. The van der Waals surface area contributed by atoms with Crippen LogP contribution < -0.4 is 0 Å². The van der Waals surface area contributed by atoms with Crippen molar-refractivity contribution < 1.29 is 13.9 Å². The van der Waals surface area contributed by atoms with Crippen LogP contribution in [0.2, 0.25) is 0 Å². The number of rotatable bonds is 9. The van der Waals surface area contributed by atoms with Crippen molar-refractivity contribution in [3.63, 3.8) is 0 Å². The number of benzene rings is 1. The molecule has 16 heavy (non-hydrogen) atoms. The van der Waals surface area contributed by atoms with Gasteiger partial charge in [0.2, 0.25) is 0 Å². The van der Waals surface area contributed by atoms with Crippen LogP contribution in [0.15, 0.2) is 30.3 Å². The number of hydrogen-bond acceptors (Lipinski definition) is 3. The first-order chi connectivity index (χ1) is 7.93. The van der Waals surface area contributed by atoms with Gasteiger partial charge in [-0.05, 0) is 12.0 Å². The Morgan fingerprint density at radius 3 is 2.38 bits per heavy atom. The molecule has 0 amide bonds. The minimum atomic E-state index is 0.649. The van der Waals surface area contributed by atoms with E-state index in [1.165, 1.54) is 5.56 Å². The van der Waals surface area contributed by atoms with Gasteiger partial charge in [0.05, 0.1) is 19.8 Å². The summed E-state index contributed by atoms with van der Waals surface area (Å²) in [6, 6.07) is 10.2. The molecule has 1 aromatic rings. The Morgan fingerprint density at radius 1 is 0.875 bits per heavy atom. The Kier molecular flexibility index (Phi) is 7.98. The summed E-state index contributed by atoms with van der Waals surface area (Å²) in [4.78, 5) is 0. The third kappa shape index (κ3) is 6.74. The van der Waals surface area contributed by atoms with Gasteiger partial charge in [0.15, 0.2) is 0 Å². The first-order valence-electron chi connectivity index (χ1n) is 5.62. The molecule has 4 heteroatoms. The molecule has 1 rings (SSSR count). The summed E-state index contributed by atoms with van der Waals surface area (Å²) in [5.74, 6) is 0. The van der Waals surface area contributed by atoms with E-state index in [1.54, 1.807) is 0 Å². The summed E-state index contributed by atoms with van der Waals surface area (Å²) in [5.41, 5.74) is 1.20. The van der Waals surface area contributed by atoms with Gasteiger partial charge in [-0.3, -0.25) is 0 Å². The minimum Gasteiger partial charge on any atom is -0.428 e. The minimum absolute atomic E-state index is 0.649. The van der Waals surface area contributed by atoms with Crippen molar-refractivity contribution in [1.29, 1.82) is 0 Å². The van der Waals surface area contributed by atoms with E-state index < -0.39 is 0 Å². The van der Waals surface area contributed by atoms with E-state index >= 15 is 0 Å². The van der Waals surface area contributed by atoms with E-state index in [4.69, 9.17) is 13.9 Å². The van der Waals surface area contributed by atoms with Gasteiger partial charge in [-0.25, -0.2) is 0 Å². The molecule has 0 aliphatic heterocycles. The van der Waals surface area contributed by atoms with Gasteiger partial charge in [0.25, 0.3) is 0 Å². The Morgan fingerprint density at radius 2 is 1.62 bits per heavy atom. The summed E-state index contributed by atoms with van der Waals surface area (Å²) in [5, 5.41) is 0. The number of hydrogen-bond donors (Lipinski definition) is 0. The van der Waals surface area contributed by atoms with E-state index in [9.17, 15) is 0 Å². The Hall–Kier alpha value is -0.683. The summed E-state index contributed by atoms with van der Waals surface area (Å²) in [6.45, 7) is 3.55. The predicted octanol–water partition coefficient (Wildman–Crippen LogP) is 0.907. The lowest BCUT2D eigenvalue weighted by molar-refractivity contribution is 0.0371. The quantitative estimate of drug-likeness (QED) is 0.474. The van der Waals surface area contributed by atoms with Gasteiger partial charge in [0, 0.05) is 13.2 Å². The molecule has 0 aromatic heterocycles. The molecule has 0 bridgehead atoms. The van der Waals surface area contributed by atoms with Gasteiger partial charge in [-0.15, -0.1) is 0 Å². The maximum absolute atomic E-state index is 5.48. The molecule has 90 valence electrons. The van der Waals surface area contributed by atoms with Gasteiger partial charge in [0.1, 0.15) is 10.5 Å². The highest BCUT2D eigenvalue weighted by molar-refractivity contribution is 5.97. The second kappa shape index (κ2) is 9.54. The van der Waals surface area contributed by atoms with Crippen molar-refractivity contribution in [2.24, 2.45) is 0 Å². The molecule has 0 saturated heterocycles. The SMILES string of the molecule is [SiH3]OCCCOCCOCc1ccccc1. The average molecular weight is 240 g/mol. The molecule has 3 nitrogen and oxygen atoms in total. The lowest BCUT2D eigenvalue weighted by Gasteiger charge is -2.05. The van der Waals surface area contributed by atoms with Crippen LogP contribution in [0.25, 0.3) is 0 Å². The Balaban J connectivity index is 1.89. The predicted molar refractivity (Wildman–Crippen MR) is 67.4 cm³/mol. The van der Waals surface area contributed by atoms with Crippen molar-refractivity contribution >= 4 is 10.5 Å². The normalized spacial score (nSPS) is 10.8. The van der Waals surface area contributed by atoms with E-state index in [0.29, 0.717) is 19.8 Å². The maximum Gasteiger partial charge on any atom is 0.145 e. The number of ether oxygens (including phenoxy) is 2. The van der Waals surface area contributed by atoms with Crippen LogP contribution >= 0.6 is 0 Å². The molecular formula is C12H20O3Si. The highest BCUT2D eigenvalue weighted by Gasteiger charge is 1.92. The monoisotopic (exact) mass is 240 g/mol. The molecule has 0 atom stereocenters. The Bertz CT molecular complexity index is 254. The smallest absolute Gasteiger partial charge is 0.145 e. The maximum atomic E-state index is 5.48. The van der Waals surface area contributed by atoms with Crippen LogP contribution in [-0.4, -0.2) is 36.9 Å². The zero-order chi connectivity index (χ0) is 11.5. The van der Waals surface area contributed by atoms with Crippen LogP contribution in [0.5, 0.6) is 0 Å². The largest absolute Gasteiger partial charge is 0.428 e. The first-order valence-corrected chi connectivity index (χ1v) is 6.43.